The Hall–Kier alpha value is -2.08. The second-order valence-corrected chi connectivity index (χ2v) is 10.9. The summed E-state index contributed by atoms with van der Waals surface area (Å²) >= 11 is 1.53. The van der Waals surface area contributed by atoms with Crippen LogP contribution in [0.5, 0.6) is 0 Å². The molecule has 4 rings (SSSR count). The predicted octanol–water partition coefficient (Wildman–Crippen LogP) is 7.34. The van der Waals surface area contributed by atoms with Crippen LogP contribution >= 0.6 is 11.8 Å². The molecule has 2 fully saturated rings. The molecule has 2 nitrogen and oxygen atoms in total. The monoisotopic (exact) mass is 488 g/mol. The van der Waals surface area contributed by atoms with Gasteiger partial charge in [-0.3, -0.25) is 9.59 Å². The highest BCUT2D eigenvalue weighted by Crippen LogP contribution is 2.58. The summed E-state index contributed by atoms with van der Waals surface area (Å²) in [6, 6.07) is 9.44. The Labute approximate surface area is 203 Å². The van der Waals surface area contributed by atoms with Gasteiger partial charge < -0.3 is 0 Å². The molecule has 0 bridgehead atoms. The summed E-state index contributed by atoms with van der Waals surface area (Å²) in [6.07, 6.45) is -0.0271. The fourth-order valence-electron chi connectivity index (χ4n) is 5.44. The van der Waals surface area contributed by atoms with Crippen LogP contribution in [-0.2, 0) is 28.6 Å². The Morgan fingerprint density at radius 2 is 1.47 bits per heavy atom. The van der Waals surface area contributed by atoms with Gasteiger partial charge in [-0.1, -0.05) is 31.5 Å². The Kier molecular flexibility index (Phi) is 7.01. The van der Waals surface area contributed by atoms with Crippen molar-refractivity contribution in [3.63, 3.8) is 0 Å². The fourth-order valence-corrected chi connectivity index (χ4v) is 6.74. The molecule has 2 aromatic rings. The van der Waals surface area contributed by atoms with Crippen LogP contribution in [0.2, 0.25) is 0 Å². The second-order valence-electron chi connectivity index (χ2n) is 9.85. The maximum Gasteiger partial charge on any atom is 0.416 e. The molecule has 2 aliphatic carbocycles. The van der Waals surface area contributed by atoms with E-state index in [0.717, 1.165) is 70.7 Å². The number of carbonyl (C=O) groups excluding carboxylic acids is 2. The third-order valence-corrected chi connectivity index (χ3v) is 8.88. The smallest absolute Gasteiger partial charge is 0.299 e. The van der Waals surface area contributed by atoms with Gasteiger partial charge in [-0.25, -0.2) is 0 Å². The molecule has 0 radical (unpaired) electrons. The Morgan fingerprint density at radius 3 is 1.91 bits per heavy atom. The van der Waals surface area contributed by atoms with E-state index < -0.39 is 17.7 Å². The number of ketones is 2. The summed E-state index contributed by atoms with van der Waals surface area (Å²) in [4.78, 5) is 27.5. The Balaban J connectivity index is 1.48. The van der Waals surface area contributed by atoms with Gasteiger partial charge in [-0.15, -0.1) is 11.8 Å². The minimum absolute atomic E-state index is 0.0197. The minimum Gasteiger partial charge on any atom is -0.299 e. The second kappa shape index (κ2) is 9.52. The lowest BCUT2D eigenvalue weighted by molar-refractivity contribution is -0.138. The first-order chi connectivity index (χ1) is 16.1. The highest BCUT2D eigenvalue weighted by atomic mass is 32.2. The van der Waals surface area contributed by atoms with Crippen molar-refractivity contribution in [2.24, 2.45) is 11.3 Å². The topological polar surface area (TPSA) is 34.1 Å². The number of Topliss-reactive ketones (excluding diaryl/α,β-unsaturated/α-hetero) is 2. The van der Waals surface area contributed by atoms with E-state index in [1.807, 2.05) is 6.92 Å². The van der Waals surface area contributed by atoms with Crippen molar-refractivity contribution in [2.75, 3.05) is 5.75 Å². The van der Waals surface area contributed by atoms with Crippen molar-refractivity contribution in [2.45, 2.75) is 76.3 Å². The van der Waals surface area contributed by atoms with Crippen LogP contribution in [0.3, 0.4) is 0 Å². The number of hydrogen-bond donors (Lipinski definition) is 0. The zero-order valence-corrected chi connectivity index (χ0v) is 20.7. The first-order valence-corrected chi connectivity index (χ1v) is 13.0. The molecule has 0 aromatic heterocycles. The largest absolute Gasteiger partial charge is 0.416 e. The molecule has 2 aromatic carbocycles. The zero-order chi connectivity index (χ0) is 24.7. The summed E-state index contributed by atoms with van der Waals surface area (Å²) in [5, 5.41) is 0. The summed E-state index contributed by atoms with van der Waals surface area (Å²) in [6.45, 7) is 6.18. The lowest BCUT2D eigenvalue weighted by Crippen LogP contribution is -2.37. The van der Waals surface area contributed by atoms with Gasteiger partial charge >= 0.3 is 6.18 Å². The first kappa shape index (κ1) is 25.0. The van der Waals surface area contributed by atoms with E-state index in [1.54, 1.807) is 0 Å². The summed E-state index contributed by atoms with van der Waals surface area (Å²) in [5.74, 6) is 0.145. The standard InChI is InChI=1S/C28H31F3O2S/c1-4-18-12-17(3)13-19(5-2)25(18)26-23(32)14-21(15-24(26)33)27(10-11-27)16-34-22-8-6-20(7-9-22)28(29,30)31/h6-9,12-13,21,26H,4-5,10-11,14-16H2,1-3H3. The molecule has 182 valence electrons. The molecule has 6 heteroatoms. The number of halogens is 3. The molecule has 0 aliphatic heterocycles. The molecule has 2 saturated carbocycles. The minimum atomic E-state index is -4.34. The average Bonchev–Trinajstić information content (AvgIpc) is 3.58. The number of carbonyl (C=O) groups is 2. The van der Waals surface area contributed by atoms with E-state index in [9.17, 15) is 22.8 Å². The van der Waals surface area contributed by atoms with Crippen molar-refractivity contribution in [3.8, 4) is 0 Å². The Bertz CT molecular complexity index is 1040. The van der Waals surface area contributed by atoms with E-state index in [4.69, 9.17) is 0 Å². The van der Waals surface area contributed by atoms with Crippen LogP contribution in [0.4, 0.5) is 13.2 Å². The van der Waals surface area contributed by atoms with Gasteiger partial charge in [0.2, 0.25) is 0 Å². The molecule has 0 N–H and O–H groups in total. The average molecular weight is 489 g/mol. The van der Waals surface area contributed by atoms with Gasteiger partial charge in [-0.05, 0) is 84.9 Å². The van der Waals surface area contributed by atoms with Crippen molar-refractivity contribution in [1.29, 1.82) is 0 Å². The van der Waals surface area contributed by atoms with Crippen LogP contribution in [0.1, 0.15) is 73.3 Å². The van der Waals surface area contributed by atoms with Gasteiger partial charge in [0.15, 0.2) is 0 Å². The number of rotatable bonds is 7. The van der Waals surface area contributed by atoms with Crippen LogP contribution < -0.4 is 0 Å². The Morgan fingerprint density at radius 1 is 0.941 bits per heavy atom. The van der Waals surface area contributed by atoms with Crippen molar-refractivity contribution >= 4 is 23.3 Å². The van der Waals surface area contributed by atoms with Gasteiger partial charge in [0, 0.05) is 23.5 Å². The number of benzene rings is 2. The van der Waals surface area contributed by atoms with E-state index in [-0.39, 0.29) is 22.9 Å². The number of thioether (sulfide) groups is 1. The molecule has 2 aliphatic rings. The highest BCUT2D eigenvalue weighted by molar-refractivity contribution is 7.99. The van der Waals surface area contributed by atoms with Crippen LogP contribution in [0.15, 0.2) is 41.3 Å². The summed E-state index contributed by atoms with van der Waals surface area (Å²) < 4.78 is 38.5. The van der Waals surface area contributed by atoms with E-state index in [1.165, 1.54) is 23.9 Å². The van der Waals surface area contributed by atoms with Crippen molar-refractivity contribution < 1.29 is 22.8 Å². The van der Waals surface area contributed by atoms with E-state index in [2.05, 4.69) is 26.0 Å². The van der Waals surface area contributed by atoms with Gasteiger partial charge in [0.25, 0.3) is 0 Å². The first-order valence-electron chi connectivity index (χ1n) is 12.1. The van der Waals surface area contributed by atoms with Crippen LogP contribution in [-0.4, -0.2) is 17.3 Å². The normalized spacial score (nSPS) is 22.2. The number of alkyl halides is 3. The summed E-state index contributed by atoms with van der Waals surface area (Å²) in [7, 11) is 0. The molecule has 0 atom stereocenters. The molecule has 34 heavy (non-hydrogen) atoms. The quantitative estimate of drug-likeness (QED) is 0.302. The van der Waals surface area contributed by atoms with Gasteiger partial charge in [0.1, 0.15) is 17.5 Å². The predicted molar refractivity (Wildman–Crippen MR) is 129 cm³/mol. The van der Waals surface area contributed by atoms with Crippen molar-refractivity contribution in [3.05, 3.63) is 64.2 Å². The molecular formula is C28H31F3O2S. The molecular weight excluding hydrogens is 457 g/mol. The van der Waals surface area contributed by atoms with Crippen LogP contribution in [0.25, 0.3) is 0 Å². The number of hydrogen-bond acceptors (Lipinski definition) is 3. The molecule has 0 saturated heterocycles. The third-order valence-electron chi connectivity index (χ3n) is 7.55. The maximum atomic E-state index is 13.4. The summed E-state index contributed by atoms with van der Waals surface area (Å²) in [5.41, 5.74) is 3.57. The van der Waals surface area contributed by atoms with E-state index >= 15 is 0 Å². The lowest BCUT2D eigenvalue weighted by atomic mass is 9.69. The molecule has 0 unspecified atom stereocenters. The fraction of sp³-hybridized carbons (Fsp3) is 0.500. The highest BCUT2D eigenvalue weighted by Gasteiger charge is 2.53. The lowest BCUT2D eigenvalue weighted by Gasteiger charge is -2.34. The third kappa shape index (κ3) is 4.98. The van der Waals surface area contributed by atoms with Gasteiger partial charge in [0.05, 0.1) is 5.56 Å². The van der Waals surface area contributed by atoms with Crippen LogP contribution in [0, 0.1) is 18.3 Å². The SMILES string of the molecule is CCc1cc(C)cc(CC)c1C1C(=O)CC(C2(CSc3ccc(C(F)(F)F)cc3)CC2)CC1=O. The maximum absolute atomic E-state index is 13.4. The number of aryl methyl sites for hydroxylation is 3. The molecule has 0 amide bonds. The van der Waals surface area contributed by atoms with Crippen molar-refractivity contribution in [1.82, 2.24) is 0 Å². The van der Waals surface area contributed by atoms with E-state index in [0.29, 0.717) is 12.8 Å². The molecule has 0 spiro atoms. The molecule has 0 heterocycles. The van der Waals surface area contributed by atoms with Gasteiger partial charge in [-0.2, -0.15) is 13.2 Å². The zero-order valence-electron chi connectivity index (χ0n) is 19.9.